The second kappa shape index (κ2) is 9.06. The van der Waals surface area contributed by atoms with Gasteiger partial charge in [0.1, 0.15) is 0 Å². The Morgan fingerprint density at radius 3 is 2.94 bits per heavy atom. The van der Waals surface area contributed by atoms with Crippen molar-refractivity contribution in [2.24, 2.45) is 5.92 Å². The SMILES string of the molecule is O=C(OCC1CC1)c1cccc(CN2CCCC(Nc3cccc4cnccc34)C2)c1. The number of fused-ring (bicyclic) bond motifs is 1. The molecule has 1 aromatic heterocycles. The summed E-state index contributed by atoms with van der Waals surface area (Å²) in [5.41, 5.74) is 3.00. The minimum absolute atomic E-state index is 0.197. The molecule has 0 spiro atoms. The van der Waals surface area contributed by atoms with Crippen molar-refractivity contribution in [2.45, 2.75) is 38.3 Å². The summed E-state index contributed by atoms with van der Waals surface area (Å²) >= 11 is 0. The van der Waals surface area contributed by atoms with Crippen molar-refractivity contribution in [3.05, 3.63) is 72.1 Å². The van der Waals surface area contributed by atoms with Gasteiger partial charge in [0.25, 0.3) is 0 Å². The number of hydrogen-bond acceptors (Lipinski definition) is 5. The summed E-state index contributed by atoms with van der Waals surface area (Å²) in [6.45, 7) is 3.47. The van der Waals surface area contributed by atoms with Crippen molar-refractivity contribution < 1.29 is 9.53 Å². The predicted molar refractivity (Wildman–Crippen MR) is 123 cm³/mol. The standard InChI is InChI=1S/C26H29N3O2/c30-26(31-18-19-9-10-19)21-5-1-4-20(14-21)16-29-13-3-7-23(17-29)28-25-8-2-6-22-15-27-12-11-24(22)25/h1-2,4-6,8,11-12,14-15,19,23,28H,3,7,9-10,13,16-18H2. The number of carbonyl (C=O) groups excluding carboxylic acids is 1. The first-order chi connectivity index (χ1) is 15.2. The van der Waals surface area contributed by atoms with Crippen LogP contribution in [0.25, 0.3) is 10.8 Å². The van der Waals surface area contributed by atoms with Crippen LogP contribution >= 0.6 is 0 Å². The molecular weight excluding hydrogens is 386 g/mol. The zero-order valence-corrected chi connectivity index (χ0v) is 17.8. The lowest BCUT2D eigenvalue weighted by molar-refractivity contribution is 0.0486. The van der Waals surface area contributed by atoms with E-state index in [2.05, 4.69) is 45.5 Å². The van der Waals surface area contributed by atoms with Crippen LogP contribution in [0.1, 0.15) is 41.6 Å². The normalized spacial score (nSPS) is 19.3. The molecule has 0 bridgehead atoms. The van der Waals surface area contributed by atoms with E-state index in [0.717, 1.165) is 43.4 Å². The third-order valence-electron chi connectivity index (χ3n) is 6.26. The molecule has 1 N–H and O–H groups in total. The number of esters is 1. The second-order valence-corrected chi connectivity index (χ2v) is 8.86. The van der Waals surface area contributed by atoms with Crippen LogP contribution in [0, 0.1) is 5.92 Å². The summed E-state index contributed by atoms with van der Waals surface area (Å²) in [6.07, 6.45) is 8.46. The minimum atomic E-state index is -0.197. The summed E-state index contributed by atoms with van der Waals surface area (Å²) < 4.78 is 5.45. The van der Waals surface area contributed by atoms with Crippen LogP contribution in [0.4, 0.5) is 5.69 Å². The van der Waals surface area contributed by atoms with Gasteiger partial charge in [-0.15, -0.1) is 0 Å². The van der Waals surface area contributed by atoms with Crippen LogP contribution in [0.5, 0.6) is 0 Å². The summed E-state index contributed by atoms with van der Waals surface area (Å²) in [5.74, 6) is 0.389. The van der Waals surface area contributed by atoms with E-state index in [1.54, 1.807) is 0 Å². The van der Waals surface area contributed by atoms with Crippen LogP contribution in [0.2, 0.25) is 0 Å². The van der Waals surface area contributed by atoms with E-state index in [1.807, 2.05) is 30.6 Å². The Hall–Kier alpha value is -2.92. The van der Waals surface area contributed by atoms with E-state index in [9.17, 15) is 4.79 Å². The quantitative estimate of drug-likeness (QED) is 0.558. The zero-order chi connectivity index (χ0) is 21.0. The summed E-state index contributed by atoms with van der Waals surface area (Å²) in [5, 5.41) is 6.13. The van der Waals surface area contributed by atoms with Gasteiger partial charge >= 0.3 is 5.97 Å². The fourth-order valence-electron chi connectivity index (χ4n) is 4.40. The molecule has 1 saturated carbocycles. The van der Waals surface area contributed by atoms with Gasteiger partial charge in [0, 0.05) is 48.0 Å². The van der Waals surface area contributed by atoms with Gasteiger partial charge in [-0.05, 0) is 68.0 Å². The Morgan fingerprint density at radius 1 is 1.13 bits per heavy atom. The Bertz CT molecular complexity index is 1060. The molecule has 1 aliphatic heterocycles. The lowest BCUT2D eigenvalue weighted by atomic mass is 10.0. The van der Waals surface area contributed by atoms with E-state index < -0.39 is 0 Å². The topological polar surface area (TPSA) is 54.5 Å². The van der Waals surface area contributed by atoms with E-state index >= 15 is 0 Å². The van der Waals surface area contributed by atoms with E-state index in [1.165, 1.54) is 23.9 Å². The summed E-state index contributed by atoms with van der Waals surface area (Å²) in [7, 11) is 0. The van der Waals surface area contributed by atoms with Gasteiger partial charge in [-0.25, -0.2) is 4.79 Å². The number of likely N-dealkylation sites (tertiary alicyclic amines) is 1. The third-order valence-corrected chi connectivity index (χ3v) is 6.26. The van der Waals surface area contributed by atoms with Crippen LogP contribution in [-0.4, -0.2) is 41.6 Å². The minimum Gasteiger partial charge on any atom is -0.462 e. The van der Waals surface area contributed by atoms with Gasteiger partial charge in [0.15, 0.2) is 0 Å². The molecule has 2 aromatic carbocycles. The van der Waals surface area contributed by atoms with Gasteiger partial charge < -0.3 is 10.1 Å². The largest absolute Gasteiger partial charge is 0.462 e. The number of benzene rings is 2. The van der Waals surface area contributed by atoms with Crippen LogP contribution in [0.3, 0.4) is 0 Å². The Balaban J connectivity index is 1.21. The molecule has 31 heavy (non-hydrogen) atoms. The van der Waals surface area contributed by atoms with Gasteiger partial charge in [-0.1, -0.05) is 24.3 Å². The monoisotopic (exact) mass is 415 g/mol. The number of aromatic nitrogens is 1. The molecule has 1 unspecified atom stereocenters. The number of ether oxygens (including phenoxy) is 1. The highest BCUT2D eigenvalue weighted by Crippen LogP contribution is 2.29. The fourth-order valence-corrected chi connectivity index (χ4v) is 4.40. The Kier molecular flexibility index (Phi) is 5.85. The highest BCUT2D eigenvalue weighted by atomic mass is 16.5. The van der Waals surface area contributed by atoms with Crippen molar-refractivity contribution in [3.8, 4) is 0 Å². The number of hydrogen-bond donors (Lipinski definition) is 1. The van der Waals surface area contributed by atoms with Gasteiger partial charge in [0.2, 0.25) is 0 Å². The van der Waals surface area contributed by atoms with Gasteiger partial charge in [0.05, 0.1) is 12.2 Å². The first-order valence-corrected chi connectivity index (χ1v) is 11.3. The molecule has 2 fully saturated rings. The fraction of sp³-hybridized carbons (Fsp3) is 0.385. The maximum absolute atomic E-state index is 12.3. The van der Waals surface area contributed by atoms with Crippen LogP contribution < -0.4 is 5.32 Å². The lowest BCUT2D eigenvalue weighted by Gasteiger charge is -2.34. The Morgan fingerprint density at radius 2 is 2.03 bits per heavy atom. The molecule has 0 radical (unpaired) electrons. The van der Waals surface area contributed by atoms with Crippen molar-refractivity contribution in [2.75, 3.05) is 25.0 Å². The molecule has 5 rings (SSSR count). The smallest absolute Gasteiger partial charge is 0.338 e. The number of rotatable bonds is 7. The molecule has 160 valence electrons. The first kappa shape index (κ1) is 20.0. The zero-order valence-electron chi connectivity index (χ0n) is 17.8. The molecule has 0 amide bonds. The number of piperidine rings is 1. The maximum atomic E-state index is 12.3. The van der Waals surface area contributed by atoms with Gasteiger partial charge in [-0.3, -0.25) is 9.88 Å². The summed E-state index contributed by atoms with van der Waals surface area (Å²) in [6, 6.07) is 16.7. The molecule has 5 heteroatoms. The van der Waals surface area contributed by atoms with Crippen molar-refractivity contribution in [1.29, 1.82) is 0 Å². The van der Waals surface area contributed by atoms with E-state index in [4.69, 9.17) is 4.74 Å². The first-order valence-electron chi connectivity index (χ1n) is 11.3. The van der Waals surface area contributed by atoms with Crippen molar-refractivity contribution >= 4 is 22.4 Å². The molecule has 1 aliphatic carbocycles. The molecule has 2 heterocycles. The van der Waals surface area contributed by atoms with E-state index in [0.29, 0.717) is 24.1 Å². The van der Waals surface area contributed by atoms with E-state index in [-0.39, 0.29) is 5.97 Å². The number of nitrogens with zero attached hydrogens (tertiary/aromatic N) is 2. The summed E-state index contributed by atoms with van der Waals surface area (Å²) in [4.78, 5) is 19.0. The number of pyridine rings is 1. The molecule has 2 aliphatic rings. The van der Waals surface area contributed by atoms with Crippen LogP contribution in [0.15, 0.2) is 60.9 Å². The highest BCUT2D eigenvalue weighted by Gasteiger charge is 2.24. The molecule has 1 atom stereocenters. The molecular formula is C26H29N3O2. The average molecular weight is 416 g/mol. The lowest BCUT2D eigenvalue weighted by Crippen LogP contribution is -2.41. The number of carbonyl (C=O) groups is 1. The molecule has 5 nitrogen and oxygen atoms in total. The number of nitrogens with one attached hydrogen (secondary N) is 1. The van der Waals surface area contributed by atoms with Gasteiger partial charge in [-0.2, -0.15) is 0 Å². The molecule has 3 aromatic rings. The highest BCUT2D eigenvalue weighted by molar-refractivity contribution is 5.93. The molecule has 1 saturated heterocycles. The van der Waals surface area contributed by atoms with Crippen molar-refractivity contribution in [3.63, 3.8) is 0 Å². The predicted octanol–water partition coefficient (Wildman–Crippen LogP) is 4.88. The maximum Gasteiger partial charge on any atom is 0.338 e. The van der Waals surface area contributed by atoms with Crippen LogP contribution in [-0.2, 0) is 11.3 Å². The number of anilines is 1. The third kappa shape index (κ3) is 5.05. The Labute approximate surface area is 183 Å². The average Bonchev–Trinajstić information content (AvgIpc) is 3.63. The second-order valence-electron chi connectivity index (χ2n) is 8.86. The van der Waals surface area contributed by atoms with Crippen molar-refractivity contribution in [1.82, 2.24) is 9.88 Å².